The number of nitrogens with zero attached hydrogens (tertiary/aromatic N) is 3. The molecule has 0 bridgehead atoms. The molecule has 7 heteroatoms. The first-order valence-electron chi connectivity index (χ1n) is 11.6. The van der Waals surface area contributed by atoms with Gasteiger partial charge in [0.05, 0.1) is 5.69 Å². The fourth-order valence-corrected chi connectivity index (χ4v) is 5.55. The van der Waals surface area contributed by atoms with E-state index in [0.717, 1.165) is 29.1 Å². The van der Waals surface area contributed by atoms with Crippen molar-refractivity contribution in [2.75, 3.05) is 36.0 Å². The highest BCUT2D eigenvalue weighted by molar-refractivity contribution is 8.04. The number of amides is 2. The number of carbonyl (C=O) groups excluding carboxylic acids is 2. The summed E-state index contributed by atoms with van der Waals surface area (Å²) in [7, 11) is 0. The lowest BCUT2D eigenvalue weighted by atomic mass is 10.2. The van der Waals surface area contributed by atoms with Crippen LogP contribution in [0, 0.1) is 13.8 Å². The predicted octanol–water partition coefficient (Wildman–Crippen LogP) is 5.66. The van der Waals surface area contributed by atoms with E-state index in [2.05, 4.69) is 21.9 Å². The van der Waals surface area contributed by atoms with Gasteiger partial charge in [-0.2, -0.15) is 0 Å². The van der Waals surface area contributed by atoms with E-state index in [1.807, 2.05) is 62.4 Å². The second kappa shape index (κ2) is 9.80. The molecule has 3 aromatic rings. The maximum Gasteiger partial charge on any atom is 0.283 e. The van der Waals surface area contributed by atoms with Gasteiger partial charge in [-0.1, -0.05) is 65.3 Å². The van der Waals surface area contributed by atoms with E-state index in [-0.39, 0.29) is 11.8 Å². The Bertz CT molecular complexity index is 1300. The third-order valence-corrected chi connectivity index (χ3v) is 7.88. The summed E-state index contributed by atoms with van der Waals surface area (Å²) in [6, 6.07) is 23.6. The third-order valence-electron chi connectivity index (χ3n) is 6.39. The Morgan fingerprint density at radius 3 is 2.06 bits per heavy atom. The van der Waals surface area contributed by atoms with Gasteiger partial charge < -0.3 is 9.80 Å². The molecule has 178 valence electrons. The minimum absolute atomic E-state index is 0.294. The number of thioether (sulfide) groups is 1. The Balaban J connectivity index is 1.47. The van der Waals surface area contributed by atoms with Gasteiger partial charge in [-0.25, -0.2) is 4.90 Å². The van der Waals surface area contributed by atoms with E-state index in [4.69, 9.17) is 11.6 Å². The van der Waals surface area contributed by atoms with Gasteiger partial charge >= 0.3 is 0 Å². The molecule has 3 aromatic carbocycles. The summed E-state index contributed by atoms with van der Waals surface area (Å²) in [6.07, 6.45) is 0. The predicted molar refractivity (Wildman–Crippen MR) is 143 cm³/mol. The number of imide groups is 1. The lowest BCUT2D eigenvalue weighted by Gasteiger charge is -2.37. The quantitative estimate of drug-likeness (QED) is 0.420. The Morgan fingerprint density at radius 2 is 1.40 bits per heavy atom. The average molecular weight is 504 g/mol. The summed E-state index contributed by atoms with van der Waals surface area (Å²) in [5.41, 5.74) is 4.18. The lowest BCUT2D eigenvalue weighted by molar-refractivity contribution is -0.121. The maximum atomic E-state index is 13.8. The number of halogens is 1. The summed E-state index contributed by atoms with van der Waals surface area (Å²) < 4.78 is 0. The van der Waals surface area contributed by atoms with Crippen LogP contribution >= 0.6 is 23.4 Å². The van der Waals surface area contributed by atoms with Crippen LogP contribution in [-0.4, -0.2) is 42.9 Å². The molecule has 1 saturated heterocycles. The topological polar surface area (TPSA) is 43.9 Å². The van der Waals surface area contributed by atoms with Crippen LogP contribution in [0.15, 0.2) is 88.3 Å². The molecule has 35 heavy (non-hydrogen) atoms. The number of benzene rings is 3. The third kappa shape index (κ3) is 4.68. The average Bonchev–Trinajstić information content (AvgIpc) is 3.12. The molecule has 5 rings (SSSR count). The lowest BCUT2D eigenvalue weighted by Crippen LogP contribution is -2.47. The zero-order valence-electron chi connectivity index (χ0n) is 19.7. The second-order valence-corrected chi connectivity index (χ2v) is 10.3. The number of anilines is 2. The van der Waals surface area contributed by atoms with Gasteiger partial charge in [0.15, 0.2) is 0 Å². The Labute approximate surface area is 215 Å². The van der Waals surface area contributed by atoms with Crippen molar-refractivity contribution in [2.24, 2.45) is 0 Å². The smallest absolute Gasteiger partial charge is 0.283 e. The molecule has 2 heterocycles. The van der Waals surface area contributed by atoms with E-state index in [1.54, 1.807) is 12.1 Å². The van der Waals surface area contributed by atoms with Crippen LogP contribution in [0.5, 0.6) is 0 Å². The summed E-state index contributed by atoms with van der Waals surface area (Å²) in [5.74, 6) is -0.598. The number of para-hydroxylation sites is 1. The Hall–Kier alpha value is -3.22. The van der Waals surface area contributed by atoms with Crippen LogP contribution in [0.1, 0.15) is 11.1 Å². The molecule has 0 atom stereocenters. The van der Waals surface area contributed by atoms with Crippen molar-refractivity contribution < 1.29 is 9.59 Å². The standard InChI is InChI=1S/C28H26ClN3O2S/c1-19-8-12-23(13-9-19)35-26-25(31-16-14-30(15-17-31)21-6-4-3-5-7-21)27(33)32(28(26)34)22-11-10-20(2)24(29)18-22/h3-13,18H,14-17H2,1-2H3. The maximum absolute atomic E-state index is 13.8. The molecule has 2 amide bonds. The molecule has 0 aliphatic carbocycles. The Kier molecular flexibility index (Phi) is 6.58. The van der Waals surface area contributed by atoms with E-state index in [0.29, 0.717) is 34.4 Å². The second-order valence-electron chi connectivity index (χ2n) is 8.78. The van der Waals surface area contributed by atoms with Gasteiger partial charge in [-0.15, -0.1) is 0 Å². The number of piperazine rings is 1. The Morgan fingerprint density at radius 1 is 0.743 bits per heavy atom. The number of carbonyl (C=O) groups is 2. The van der Waals surface area contributed by atoms with Crippen LogP contribution < -0.4 is 9.80 Å². The van der Waals surface area contributed by atoms with Gasteiger partial charge in [0.2, 0.25) is 0 Å². The molecule has 0 N–H and O–H groups in total. The molecular formula is C28H26ClN3O2S. The molecule has 0 aromatic heterocycles. The first-order chi connectivity index (χ1) is 16.9. The van der Waals surface area contributed by atoms with E-state index < -0.39 is 0 Å². The minimum Gasteiger partial charge on any atom is -0.368 e. The number of rotatable bonds is 5. The van der Waals surface area contributed by atoms with Crippen molar-refractivity contribution in [1.82, 2.24) is 4.90 Å². The van der Waals surface area contributed by atoms with Crippen LogP contribution in [0.3, 0.4) is 0 Å². The molecule has 2 aliphatic heterocycles. The highest BCUT2D eigenvalue weighted by Crippen LogP contribution is 2.40. The fraction of sp³-hybridized carbons (Fsp3) is 0.214. The molecule has 0 saturated carbocycles. The molecule has 5 nitrogen and oxygen atoms in total. The normalized spacial score (nSPS) is 16.5. The van der Waals surface area contributed by atoms with Crippen molar-refractivity contribution in [3.63, 3.8) is 0 Å². The summed E-state index contributed by atoms with van der Waals surface area (Å²) >= 11 is 7.70. The number of aryl methyl sites for hydroxylation is 2. The van der Waals surface area contributed by atoms with Gasteiger partial charge in [0.1, 0.15) is 10.6 Å². The van der Waals surface area contributed by atoms with Gasteiger partial charge in [0, 0.05) is 41.8 Å². The van der Waals surface area contributed by atoms with E-state index >= 15 is 0 Å². The summed E-state index contributed by atoms with van der Waals surface area (Å²) in [6.45, 7) is 6.78. The molecule has 0 spiro atoms. The van der Waals surface area contributed by atoms with Gasteiger partial charge in [-0.05, 0) is 55.8 Å². The van der Waals surface area contributed by atoms with E-state index in [1.165, 1.54) is 22.3 Å². The van der Waals surface area contributed by atoms with Crippen LogP contribution in [0.25, 0.3) is 0 Å². The van der Waals surface area contributed by atoms with Gasteiger partial charge in [0.25, 0.3) is 11.8 Å². The highest BCUT2D eigenvalue weighted by atomic mass is 35.5. The molecule has 0 unspecified atom stereocenters. The van der Waals surface area contributed by atoms with Crippen molar-refractivity contribution in [3.8, 4) is 0 Å². The largest absolute Gasteiger partial charge is 0.368 e. The van der Waals surface area contributed by atoms with Crippen molar-refractivity contribution in [1.29, 1.82) is 0 Å². The van der Waals surface area contributed by atoms with Crippen molar-refractivity contribution >= 4 is 46.6 Å². The summed E-state index contributed by atoms with van der Waals surface area (Å²) in [5, 5.41) is 0.528. The SMILES string of the molecule is Cc1ccc(SC2=C(N3CCN(c4ccccc4)CC3)C(=O)N(c3ccc(C)c(Cl)c3)C2=O)cc1. The van der Waals surface area contributed by atoms with Crippen LogP contribution in [0.2, 0.25) is 5.02 Å². The number of hydrogen-bond acceptors (Lipinski definition) is 5. The summed E-state index contributed by atoms with van der Waals surface area (Å²) in [4.78, 5) is 34.4. The first-order valence-corrected chi connectivity index (χ1v) is 12.8. The fourth-order valence-electron chi connectivity index (χ4n) is 4.38. The molecule has 2 aliphatic rings. The zero-order valence-corrected chi connectivity index (χ0v) is 21.3. The van der Waals surface area contributed by atoms with Gasteiger partial charge in [-0.3, -0.25) is 9.59 Å². The number of hydrogen-bond donors (Lipinski definition) is 0. The first kappa shape index (κ1) is 23.5. The van der Waals surface area contributed by atoms with Crippen LogP contribution in [-0.2, 0) is 9.59 Å². The van der Waals surface area contributed by atoms with Crippen LogP contribution in [0.4, 0.5) is 11.4 Å². The molecule has 1 fully saturated rings. The monoisotopic (exact) mass is 503 g/mol. The molecule has 0 radical (unpaired) electrons. The highest BCUT2D eigenvalue weighted by Gasteiger charge is 2.43. The van der Waals surface area contributed by atoms with Crippen molar-refractivity contribution in [2.45, 2.75) is 18.7 Å². The minimum atomic E-state index is -0.305. The zero-order chi connectivity index (χ0) is 24.5. The van der Waals surface area contributed by atoms with Crippen molar-refractivity contribution in [3.05, 3.63) is 99.5 Å². The molecular weight excluding hydrogens is 478 g/mol. The van der Waals surface area contributed by atoms with E-state index in [9.17, 15) is 9.59 Å².